The van der Waals surface area contributed by atoms with Crippen LogP contribution in [0, 0.1) is 5.41 Å². The van der Waals surface area contributed by atoms with Gasteiger partial charge in [0.05, 0.1) is 11.5 Å². The van der Waals surface area contributed by atoms with Crippen molar-refractivity contribution in [2.24, 2.45) is 5.41 Å². The normalized spacial score (nSPS) is 21.9. The summed E-state index contributed by atoms with van der Waals surface area (Å²) >= 11 is 0. The molecule has 0 saturated carbocycles. The standard InChI is InChI=1S/C15H19NO5S/c1-3-15(14(18)21-4-2)10-11-16(13(15)17)22(19,20)12-8-6-5-7-9-12/h5-9H,3-4,10-11H2,1-2H3. The second kappa shape index (κ2) is 6.08. The first-order valence-corrected chi connectivity index (χ1v) is 8.63. The molecule has 1 heterocycles. The van der Waals surface area contributed by atoms with Gasteiger partial charge >= 0.3 is 5.97 Å². The summed E-state index contributed by atoms with van der Waals surface area (Å²) in [5, 5.41) is 0. The minimum absolute atomic E-state index is 0.0112. The van der Waals surface area contributed by atoms with Gasteiger partial charge in [0.15, 0.2) is 0 Å². The Morgan fingerprint density at radius 2 is 1.91 bits per heavy atom. The largest absolute Gasteiger partial charge is 0.465 e. The highest BCUT2D eigenvalue weighted by atomic mass is 32.2. The lowest BCUT2D eigenvalue weighted by Gasteiger charge is -2.24. The zero-order valence-electron chi connectivity index (χ0n) is 12.6. The van der Waals surface area contributed by atoms with Crippen molar-refractivity contribution in [1.82, 2.24) is 4.31 Å². The number of carbonyl (C=O) groups excluding carboxylic acids is 2. The lowest BCUT2D eigenvalue weighted by atomic mass is 9.84. The zero-order chi connectivity index (χ0) is 16.4. The van der Waals surface area contributed by atoms with Crippen molar-refractivity contribution in [2.45, 2.75) is 31.6 Å². The molecule has 0 spiro atoms. The third-order valence-corrected chi connectivity index (χ3v) is 5.78. The monoisotopic (exact) mass is 325 g/mol. The van der Waals surface area contributed by atoms with Gasteiger partial charge in [0.25, 0.3) is 15.9 Å². The molecule has 6 nitrogen and oxygen atoms in total. The van der Waals surface area contributed by atoms with Crippen molar-refractivity contribution >= 4 is 21.9 Å². The maximum atomic E-state index is 12.6. The van der Waals surface area contributed by atoms with E-state index in [9.17, 15) is 18.0 Å². The molecule has 0 aliphatic carbocycles. The fourth-order valence-corrected chi connectivity index (χ4v) is 4.10. The summed E-state index contributed by atoms with van der Waals surface area (Å²) < 4.78 is 30.9. The average Bonchev–Trinajstić information content (AvgIpc) is 2.87. The SMILES string of the molecule is CCOC(=O)C1(CC)CCN(S(=O)(=O)c2ccccc2)C1=O. The van der Waals surface area contributed by atoms with Gasteiger partial charge in [-0.2, -0.15) is 0 Å². The first kappa shape index (κ1) is 16.5. The highest BCUT2D eigenvalue weighted by Gasteiger charge is 2.55. The van der Waals surface area contributed by atoms with Gasteiger partial charge in [-0.25, -0.2) is 12.7 Å². The van der Waals surface area contributed by atoms with E-state index >= 15 is 0 Å². The number of hydrogen-bond donors (Lipinski definition) is 0. The van der Waals surface area contributed by atoms with Gasteiger partial charge in [-0.15, -0.1) is 0 Å². The summed E-state index contributed by atoms with van der Waals surface area (Å²) in [6.07, 6.45) is 0.360. The van der Waals surface area contributed by atoms with E-state index in [0.29, 0.717) is 0 Å². The Morgan fingerprint density at radius 1 is 1.27 bits per heavy atom. The highest BCUT2D eigenvalue weighted by molar-refractivity contribution is 7.89. The topological polar surface area (TPSA) is 80.8 Å². The molecular weight excluding hydrogens is 306 g/mol. The molecule has 1 atom stereocenters. The number of ether oxygens (including phenoxy) is 1. The van der Waals surface area contributed by atoms with Gasteiger partial charge in [0.2, 0.25) is 0 Å². The molecule has 1 saturated heterocycles. The molecule has 1 aliphatic heterocycles. The van der Waals surface area contributed by atoms with Crippen LogP contribution in [0.15, 0.2) is 35.2 Å². The van der Waals surface area contributed by atoms with E-state index in [1.807, 2.05) is 0 Å². The molecular formula is C15H19NO5S. The lowest BCUT2D eigenvalue weighted by molar-refractivity contribution is -0.160. The van der Waals surface area contributed by atoms with Crippen LogP contribution in [0.3, 0.4) is 0 Å². The van der Waals surface area contributed by atoms with Gasteiger partial charge in [-0.05, 0) is 31.9 Å². The summed E-state index contributed by atoms with van der Waals surface area (Å²) in [7, 11) is -3.94. The highest BCUT2D eigenvalue weighted by Crippen LogP contribution is 2.39. The van der Waals surface area contributed by atoms with Crippen LogP contribution in [-0.2, 0) is 24.3 Å². The van der Waals surface area contributed by atoms with E-state index in [0.717, 1.165) is 4.31 Å². The molecule has 1 aromatic rings. The molecule has 1 unspecified atom stereocenters. The van der Waals surface area contributed by atoms with Crippen molar-refractivity contribution in [3.63, 3.8) is 0 Å². The number of carbonyl (C=O) groups is 2. The van der Waals surface area contributed by atoms with Crippen LogP contribution >= 0.6 is 0 Å². The van der Waals surface area contributed by atoms with Gasteiger partial charge in [-0.1, -0.05) is 25.1 Å². The maximum Gasteiger partial charge on any atom is 0.321 e. The molecule has 0 radical (unpaired) electrons. The molecule has 120 valence electrons. The number of amides is 1. The molecule has 7 heteroatoms. The summed E-state index contributed by atoms with van der Waals surface area (Å²) in [6, 6.07) is 7.73. The Hall–Kier alpha value is -1.89. The van der Waals surface area contributed by atoms with Gasteiger partial charge in [0.1, 0.15) is 5.41 Å². The van der Waals surface area contributed by atoms with E-state index in [-0.39, 0.29) is 30.9 Å². The molecule has 1 aromatic carbocycles. The Morgan fingerprint density at radius 3 is 2.45 bits per heavy atom. The van der Waals surface area contributed by atoms with Crippen molar-refractivity contribution in [1.29, 1.82) is 0 Å². The van der Waals surface area contributed by atoms with Crippen LogP contribution in [0.5, 0.6) is 0 Å². The molecule has 1 fully saturated rings. The first-order valence-electron chi connectivity index (χ1n) is 7.19. The number of nitrogens with zero attached hydrogens (tertiary/aromatic N) is 1. The van der Waals surface area contributed by atoms with E-state index < -0.39 is 27.3 Å². The van der Waals surface area contributed by atoms with Crippen LogP contribution in [0.25, 0.3) is 0 Å². The van der Waals surface area contributed by atoms with Gasteiger partial charge in [0, 0.05) is 6.54 Å². The summed E-state index contributed by atoms with van der Waals surface area (Å²) in [5.74, 6) is -1.34. The zero-order valence-corrected chi connectivity index (χ0v) is 13.4. The van der Waals surface area contributed by atoms with E-state index in [4.69, 9.17) is 4.74 Å². The smallest absolute Gasteiger partial charge is 0.321 e. The van der Waals surface area contributed by atoms with Crippen molar-refractivity contribution < 1.29 is 22.7 Å². The van der Waals surface area contributed by atoms with Gasteiger partial charge in [-0.3, -0.25) is 9.59 Å². The predicted molar refractivity (Wildman–Crippen MR) is 79.3 cm³/mol. The third-order valence-electron chi connectivity index (χ3n) is 3.98. The van der Waals surface area contributed by atoms with Crippen LogP contribution in [-0.4, -0.2) is 37.8 Å². The Bertz CT molecular complexity index is 670. The molecule has 1 amide bonds. The molecule has 0 bridgehead atoms. The number of hydrogen-bond acceptors (Lipinski definition) is 5. The Labute approximate surface area is 130 Å². The summed E-state index contributed by atoms with van der Waals surface area (Å²) in [5.41, 5.74) is -1.39. The van der Waals surface area contributed by atoms with Crippen molar-refractivity contribution in [3.8, 4) is 0 Å². The van der Waals surface area contributed by atoms with Gasteiger partial charge < -0.3 is 4.74 Å². The minimum atomic E-state index is -3.94. The second-order valence-electron chi connectivity index (χ2n) is 5.10. The molecule has 0 aromatic heterocycles. The summed E-state index contributed by atoms with van der Waals surface area (Å²) in [6.45, 7) is 3.48. The predicted octanol–water partition coefficient (Wildman–Crippen LogP) is 1.57. The molecule has 0 N–H and O–H groups in total. The number of sulfonamides is 1. The van der Waals surface area contributed by atoms with Crippen LogP contribution in [0.2, 0.25) is 0 Å². The van der Waals surface area contributed by atoms with Crippen LogP contribution in [0.1, 0.15) is 26.7 Å². The first-order chi connectivity index (χ1) is 10.4. The molecule has 22 heavy (non-hydrogen) atoms. The Kier molecular flexibility index (Phi) is 4.55. The van der Waals surface area contributed by atoms with Crippen molar-refractivity contribution in [3.05, 3.63) is 30.3 Å². The second-order valence-corrected chi connectivity index (χ2v) is 6.96. The summed E-state index contributed by atoms with van der Waals surface area (Å²) in [4.78, 5) is 24.8. The quantitative estimate of drug-likeness (QED) is 0.606. The number of rotatable bonds is 5. The minimum Gasteiger partial charge on any atom is -0.465 e. The average molecular weight is 325 g/mol. The lowest BCUT2D eigenvalue weighted by Crippen LogP contribution is -2.43. The maximum absolute atomic E-state index is 12.6. The molecule has 1 aliphatic rings. The Balaban J connectivity index is 2.37. The van der Waals surface area contributed by atoms with Crippen molar-refractivity contribution in [2.75, 3.05) is 13.2 Å². The number of benzene rings is 1. The van der Waals surface area contributed by atoms with Crippen LogP contribution in [0.4, 0.5) is 0 Å². The fraction of sp³-hybridized carbons (Fsp3) is 0.467. The van der Waals surface area contributed by atoms with Crippen LogP contribution < -0.4 is 0 Å². The number of esters is 1. The van der Waals surface area contributed by atoms with E-state index in [2.05, 4.69) is 0 Å². The fourth-order valence-electron chi connectivity index (χ4n) is 2.62. The van der Waals surface area contributed by atoms with E-state index in [1.54, 1.807) is 32.0 Å². The molecule has 2 rings (SSSR count). The van der Waals surface area contributed by atoms with E-state index in [1.165, 1.54) is 12.1 Å². The third kappa shape index (κ3) is 2.49.